The van der Waals surface area contributed by atoms with E-state index in [9.17, 15) is 19.2 Å². The Labute approximate surface area is 195 Å². The van der Waals surface area contributed by atoms with Gasteiger partial charge in [0.2, 0.25) is 0 Å². The van der Waals surface area contributed by atoms with E-state index in [4.69, 9.17) is 22.1 Å². The molecule has 3 N–H and O–H groups in total. The van der Waals surface area contributed by atoms with Crippen LogP contribution in [0.4, 0.5) is 15.6 Å². The first-order valence-electron chi connectivity index (χ1n) is 9.06. The van der Waals surface area contributed by atoms with Crippen molar-refractivity contribution in [1.29, 1.82) is 0 Å². The number of carboxylic acid groups (broad SMARTS) is 1. The van der Waals surface area contributed by atoms with Gasteiger partial charge in [0.25, 0.3) is 5.91 Å². The molecular weight excluding hydrogens is 476 g/mol. The third-order valence-electron chi connectivity index (χ3n) is 3.86. The van der Waals surface area contributed by atoms with E-state index in [1.807, 2.05) is 6.07 Å². The van der Waals surface area contributed by atoms with Gasteiger partial charge in [-0.25, -0.2) is 14.6 Å². The maximum absolute atomic E-state index is 12.7. The average Bonchev–Trinajstić information content (AvgIpc) is 3.29. The Bertz CT molecular complexity index is 1120. The molecule has 3 amide bonds. The van der Waals surface area contributed by atoms with Crippen LogP contribution in [0, 0.1) is 0 Å². The zero-order valence-electron chi connectivity index (χ0n) is 16.5. The summed E-state index contributed by atoms with van der Waals surface area (Å²) in [7, 11) is 0. The van der Waals surface area contributed by atoms with Crippen LogP contribution in [0.5, 0.6) is 0 Å². The Morgan fingerprint density at radius 2 is 1.94 bits per heavy atom. The van der Waals surface area contributed by atoms with Crippen molar-refractivity contribution in [2.24, 2.45) is 0 Å². The summed E-state index contributed by atoms with van der Waals surface area (Å²) in [6.45, 7) is 1.02. The molecule has 1 aliphatic rings. The van der Waals surface area contributed by atoms with Crippen LogP contribution in [-0.2, 0) is 19.1 Å². The number of aromatic nitrogens is 1. The molecule has 2 aromatic rings. The van der Waals surface area contributed by atoms with Gasteiger partial charge in [-0.05, 0) is 19.1 Å². The number of carboxylic acids is 1. The number of ether oxygens (including phenoxy) is 1. The van der Waals surface area contributed by atoms with E-state index in [1.165, 1.54) is 5.38 Å². The molecule has 0 saturated carbocycles. The van der Waals surface area contributed by atoms with Crippen molar-refractivity contribution in [3.05, 3.63) is 46.3 Å². The number of benzene rings is 1. The topological polar surface area (TPSA) is 138 Å². The monoisotopic (exact) mass is 492 g/mol. The summed E-state index contributed by atoms with van der Waals surface area (Å²) < 4.78 is 5.07. The van der Waals surface area contributed by atoms with Crippen LogP contribution in [0.1, 0.15) is 12.6 Å². The lowest BCUT2D eigenvalue weighted by atomic mass is 10.2. The highest BCUT2D eigenvalue weighted by Gasteiger charge is 2.38. The van der Waals surface area contributed by atoms with Crippen LogP contribution >= 0.6 is 35.3 Å². The Morgan fingerprint density at radius 1 is 1.22 bits per heavy atom. The Hall–Kier alpha value is -3.29. The second-order valence-corrected chi connectivity index (χ2v) is 8.56. The molecule has 1 aromatic carbocycles. The van der Waals surface area contributed by atoms with Crippen molar-refractivity contribution in [2.45, 2.75) is 6.92 Å². The number of thiocarbonyl (C=S) groups is 1. The molecule has 1 saturated heterocycles. The number of esters is 1. The molecule has 0 aliphatic carbocycles. The first-order chi connectivity index (χ1) is 15.3. The molecule has 1 aromatic heterocycles. The Morgan fingerprint density at radius 3 is 2.59 bits per heavy atom. The number of nitrogens with one attached hydrogen (secondary N) is 2. The average molecular weight is 493 g/mol. The highest BCUT2D eigenvalue weighted by Crippen LogP contribution is 2.38. The fourth-order valence-corrected chi connectivity index (χ4v) is 4.58. The molecule has 0 spiro atoms. The second-order valence-electron chi connectivity index (χ2n) is 6.06. The van der Waals surface area contributed by atoms with Crippen LogP contribution in [0.25, 0.3) is 5.57 Å². The summed E-state index contributed by atoms with van der Waals surface area (Å²) in [5.74, 6) is -2.78. The van der Waals surface area contributed by atoms with Gasteiger partial charge in [0.1, 0.15) is 16.4 Å². The molecule has 166 valence electrons. The molecule has 3 rings (SSSR count). The van der Waals surface area contributed by atoms with Crippen molar-refractivity contribution >= 4 is 79.9 Å². The Balaban J connectivity index is 1.87. The largest absolute Gasteiger partial charge is 0.480 e. The Kier molecular flexibility index (Phi) is 7.56. The van der Waals surface area contributed by atoms with Crippen LogP contribution in [0.2, 0.25) is 0 Å². The predicted molar refractivity (Wildman–Crippen MR) is 124 cm³/mol. The van der Waals surface area contributed by atoms with Crippen molar-refractivity contribution in [3.63, 3.8) is 0 Å². The number of rotatable bonds is 7. The predicted octanol–water partition coefficient (Wildman–Crippen LogP) is 3.01. The summed E-state index contributed by atoms with van der Waals surface area (Å²) >= 11 is 6.93. The molecule has 1 aliphatic heterocycles. The number of thioether (sulfide) groups is 1. The number of aliphatic carboxylic acids is 1. The van der Waals surface area contributed by atoms with Gasteiger partial charge in [-0.3, -0.25) is 19.8 Å². The number of thiazole rings is 1. The molecule has 0 bridgehead atoms. The highest BCUT2D eigenvalue weighted by molar-refractivity contribution is 8.26. The number of hydrogen-bond donors (Lipinski definition) is 3. The molecule has 13 heteroatoms. The van der Waals surface area contributed by atoms with E-state index in [0.717, 1.165) is 28.0 Å². The van der Waals surface area contributed by atoms with Crippen molar-refractivity contribution in [3.8, 4) is 0 Å². The molecule has 2 heterocycles. The van der Waals surface area contributed by atoms with Crippen LogP contribution in [0.3, 0.4) is 0 Å². The highest BCUT2D eigenvalue weighted by atomic mass is 32.2. The van der Waals surface area contributed by atoms with E-state index in [1.54, 1.807) is 31.2 Å². The zero-order valence-corrected chi connectivity index (χ0v) is 18.9. The van der Waals surface area contributed by atoms with Gasteiger partial charge >= 0.3 is 18.0 Å². The summed E-state index contributed by atoms with van der Waals surface area (Å²) in [5.41, 5.74) is 0.528. The maximum atomic E-state index is 12.7. The van der Waals surface area contributed by atoms with E-state index in [0.29, 0.717) is 5.69 Å². The number of anilines is 2. The molecule has 0 atom stereocenters. The third-order valence-corrected chi connectivity index (χ3v) is 6.07. The number of amides is 3. The lowest BCUT2D eigenvalue weighted by Gasteiger charge is -2.11. The molecule has 0 radical (unpaired) electrons. The minimum atomic E-state index is -1.25. The SMILES string of the molecule is CCOC(=O)C(=C1SC(=S)N(CC(=O)O)C1=O)c1csc(NC(=O)Nc2ccccc2)n1. The van der Waals surface area contributed by atoms with E-state index in [2.05, 4.69) is 15.6 Å². The molecule has 1 fully saturated rings. The summed E-state index contributed by atoms with van der Waals surface area (Å²) in [5, 5.41) is 15.9. The van der Waals surface area contributed by atoms with Gasteiger partial charge in [-0.15, -0.1) is 11.3 Å². The number of para-hydroxylation sites is 1. The standard InChI is InChI=1S/C19H16N4O6S3/c1-2-29-16(27)13(14-15(26)23(8-12(24)25)19(30)32-14)11-9-31-18(21-11)22-17(28)20-10-6-4-3-5-7-10/h3-7,9H,2,8H2,1H3,(H,24,25)(H2,20,21,22,28). The lowest BCUT2D eigenvalue weighted by molar-refractivity contribution is -0.140. The van der Waals surface area contributed by atoms with Gasteiger partial charge in [-0.1, -0.05) is 42.2 Å². The van der Waals surface area contributed by atoms with Crippen molar-refractivity contribution in [2.75, 3.05) is 23.8 Å². The van der Waals surface area contributed by atoms with Crippen LogP contribution < -0.4 is 10.6 Å². The zero-order chi connectivity index (χ0) is 23.3. The number of urea groups is 1. The maximum Gasteiger partial charge on any atom is 0.341 e. The third kappa shape index (κ3) is 5.49. The minimum absolute atomic E-state index is 0.00464. The van der Waals surface area contributed by atoms with Crippen LogP contribution in [0.15, 0.2) is 40.6 Å². The smallest absolute Gasteiger partial charge is 0.341 e. The van der Waals surface area contributed by atoms with Gasteiger partial charge in [0, 0.05) is 11.1 Å². The second kappa shape index (κ2) is 10.3. The molecule has 10 nitrogen and oxygen atoms in total. The fourth-order valence-electron chi connectivity index (χ4n) is 2.56. The summed E-state index contributed by atoms with van der Waals surface area (Å²) in [4.78, 5) is 53.6. The van der Waals surface area contributed by atoms with Gasteiger partial charge in [-0.2, -0.15) is 0 Å². The van der Waals surface area contributed by atoms with E-state index in [-0.39, 0.29) is 32.2 Å². The minimum Gasteiger partial charge on any atom is -0.480 e. The van der Waals surface area contributed by atoms with Gasteiger partial charge in [0.05, 0.1) is 17.2 Å². The van der Waals surface area contributed by atoms with E-state index >= 15 is 0 Å². The van der Waals surface area contributed by atoms with E-state index < -0.39 is 30.4 Å². The van der Waals surface area contributed by atoms with Crippen molar-refractivity contribution < 1.29 is 29.0 Å². The first-order valence-corrected chi connectivity index (χ1v) is 11.2. The first kappa shape index (κ1) is 23.4. The summed E-state index contributed by atoms with van der Waals surface area (Å²) in [6, 6.07) is 8.23. The molecular formula is C19H16N4O6S3. The number of nitrogens with zero attached hydrogens (tertiary/aromatic N) is 2. The normalized spacial score (nSPS) is 14.8. The molecule has 32 heavy (non-hydrogen) atoms. The summed E-state index contributed by atoms with van der Waals surface area (Å²) in [6.07, 6.45) is 0. The van der Waals surface area contributed by atoms with Gasteiger partial charge < -0.3 is 15.2 Å². The number of carbonyl (C=O) groups is 4. The lowest BCUT2D eigenvalue weighted by Crippen LogP contribution is -2.33. The number of hydrogen-bond acceptors (Lipinski definition) is 9. The van der Waals surface area contributed by atoms with Crippen LogP contribution in [-0.4, -0.2) is 56.3 Å². The fraction of sp³-hybridized carbons (Fsp3) is 0.158. The van der Waals surface area contributed by atoms with Crippen molar-refractivity contribution in [1.82, 2.24) is 9.88 Å². The van der Waals surface area contributed by atoms with Gasteiger partial charge in [0.15, 0.2) is 5.13 Å². The number of carbonyl (C=O) groups excluding carboxylic acids is 3. The quantitative estimate of drug-likeness (QED) is 0.302. The molecule has 0 unspecified atom stereocenters.